The van der Waals surface area contributed by atoms with E-state index in [9.17, 15) is 4.79 Å². The lowest BCUT2D eigenvalue weighted by atomic mass is 10.2. The van der Waals surface area contributed by atoms with Gasteiger partial charge >= 0.3 is 0 Å². The summed E-state index contributed by atoms with van der Waals surface area (Å²) in [6.07, 6.45) is 4.79. The van der Waals surface area contributed by atoms with Gasteiger partial charge in [-0.1, -0.05) is 6.07 Å². The lowest BCUT2D eigenvalue weighted by molar-refractivity contribution is -0.114. The molecule has 0 aromatic carbocycles. The van der Waals surface area contributed by atoms with Gasteiger partial charge < -0.3 is 10.1 Å². The van der Waals surface area contributed by atoms with Gasteiger partial charge in [-0.25, -0.2) is 4.98 Å². The van der Waals surface area contributed by atoms with Crippen molar-refractivity contribution >= 4 is 5.78 Å². The molecule has 0 radical (unpaired) electrons. The molecule has 1 aromatic rings. The van der Waals surface area contributed by atoms with Crippen LogP contribution in [0.3, 0.4) is 0 Å². The topological polar surface area (TPSA) is 51.2 Å². The largest absolute Gasteiger partial charge is 0.481 e. The first-order valence-electron chi connectivity index (χ1n) is 5.25. The zero-order valence-corrected chi connectivity index (χ0v) is 9.19. The van der Waals surface area contributed by atoms with Crippen LogP contribution in [0.25, 0.3) is 0 Å². The van der Waals surface area contributed by atoms with E-state index in [1.54, 1.807) is 19.4 Å². The number of rotatable bonds is 4. The molecule has 0 saturated heterocycles. The summed E-state index contributed by atoms with van der Waals surface area (Å²) < 4.78 is 5.14. The SMILES string of the molecule is COc1ncccc1CNC1=CC(=O)CC1. The van der Waals surface area contributed by atoms with Crippen molar-refractivity contribution in [2.75, 3.05) is 7.11 Å². The molecule has 1 heterocycles. The molecular formula is C12H14N2O2. The molecule has 0 unspecified atom stereocenters. The lowest BCUT2D eigenvalue weighted by Gasteiger charge is -2.09. The van der Waals surface area contributed by atoms with Gasteiger partial charge in [-0.2, -0.15) is 0 Å². The fourth-order valence-corrected chi connectivity index (χ4v) is 1.69. The monoisotopic (exact) mass is 218 g/mol. The fraction of sp³-hybridized carbons (Fsp3) is 0.333. The molecule has 4 nitrogen and oxygen atoms in total. The number of carbonyl (C=O) groups excluding carboxylic acids is 1. The van der Waals surface area contributed by atoms with Crippen LogP contribution in [0.15, 0.2) is 30.1 Å². The van der Waals surface area contributed by atoms with E-state index in [1.165, 1.54) is 0 Å². The minimum Gasteiger partial charge on any atom is -0.481 e. The number of nitrogens with zero attached hydrogens (tertiary/aromatic N) is 1. The number of ketones is 1. The van der Waals surface area contributed by atoms with Gasteiger partial charge in [0.1, 0.15) is 0 Å². The molecule has 0 amide bonds. The molecule has 1 aromatic heterocycles. The Hall–Kier alpha value is -1.84. The van der Waals surface area contributed by atoms with Crippen molar-refractivity contribution in [3.05, 3.63) is 35.7 Å². The summed E-state index contributed by atoms with van der Waals surface area (Å²) in [4.78, 5) is 15.1. The predicted octanol–water partition coefficient (Wildman–Crippen LogP) is 1.43. The van der Waals surface area contributed by atoms with Crippen LogP contribution < -0.4 is 10.1 Å². The molecule has 1 aliphatic carbocycles. The van der Waals surface area contributed by atoms with E-state index in [4.69, 9.17) is 4.74 Å². The van der Waals surface area contributed by atoms with Crippen LogP contribution in [-0.4, -0.2) is 17.9 Å². The van der Waals surface area contributed by atoms with E-state index >= 15 is 0 Å². The molecule has 0 fully saturated rings. The van der Waals surface area contributed by atoms with Crippen molar-refractivity contribution in [2.45, 2.75) is 19.4 Å². The number of hydrogen-bond acceptors (Lipinski definition) is 4. The Balaban J connectivity index is 1.99. The maximum Gasteiger partial charge on any atom is 0.218 e. The van der Waals surface area contributed by atoms with Gasteiger partial charge in [0.15, 0.2) is 5.78 Å². The highest BCUT2D eigenvalue weighted by atomic mass is 16.5. The summed E-state index contributed by atoms with van der Waals surface area (Å²) in [6, 6.07) is 3.82. The summed E-state index contributed by atoms with van der Waals surface area (Å²) in [7, 11) is 1.60. The molecule has 4 heteroatoms. The Bertz CT molecular complexity index is 427. The van der Waals surface area contributed by atoms with Gasteiger partial charge in [0.2, 0.25) is 5.88 Å². The molecule has 0 aliphatic heterocycles. The smallest absolute Gasteiger partial charge is 0.218 e. The molecule has 1 N–H and O–H groups in total. The summed E-state index contributed by atoms with van der Waals surface area (Å²) in [6.45, 7) is 0.635. The van der Waals surface area contributed by atoms with Gasteiger partial charge in [-0.3, -0.25) is 4.79 Å². The minimum atomic E-state index is 0.195. The van der Waals surface area contributed by atoms with Crippen molar-refractivity contribution in [1.82, 2.24) is 10.3 Å². The zero-order valence-electron chi connectivity index (χ0n) is 9.19. The van der Waals surface area contributed by atoms with Gasteiger partial charge in [-0.05, 0) is 12.5 Å². The second-order valence-electron chi connectivity index (χ2n) is 3.66. The van der Waals surface area contributed by atoms with Crippen LogP contribution in [0, 0.1) is 0 Å². The average Bonchev–Trinajstić information content (AvgIpc) is 2.73. The van der Waals surface area contributed by atoms with Gasteiger partial charge in [0.05, 0.1) is 7.11 Å². The normalized spacial score (nSPS) is 14.8. The van der Waals surface area contributed by atoms with Crippen LogP contribution in [0.2, 0.25) is 0 Å². The predicted molar refractivity (Wildman–Crippen MR) is 60.0 cm³/mol. The Labute approximate surface area is 94.3 Å². The van der Waals surface area contributed by atoms with Gasteiger partial charge in [-0.15, -0.1) is 0 Å². The lowest BCUT2D eigenvalue weighted by Crippen LogP contribution is -2.12. The number of methoxy groups -OCH3 is 1. The Morgan fingerprint density at radius 3 is 3.06 bits per heavy atom. The van der Waals surface area contributed by atoms with Crippen molar-refractivity contribution in [1.29, 1.82) is 0 Å². The highest BCUT2D eigenvalue weighted by molar-refractivity contribution is 5.92. The number of aromatic nitrogens is 1. The van der Waals surface area contributed by atoms with Crippen LogP contribution >= 0.6 is 0 Å². The summed E-state index contributed by atoms with van der Waals surface area (Å²) in [5.74, 6) is 0.820. The molecule has 16 heavy (non-hydrogen) atoms. The zero-order chi connectivity index (χ0) is 11.4. The first-order chi connectivity index (χ1) is 7.79. The number of hydrogen-bond donors (Lipinski definition) is 1. The third kappa shape index (κ3) is 2.39. The maximum atomic E-state index is 11.0. The van der Waals surface area contributed by atoms with Gasteiger partial charge in [0.25, 0.3) is 0 Å². The molecule has 84 valence electrons. The van der Waals surface area contributed by atoms with E-state index in [0.29, 0.717) is 18.8 Å². The fourth-order valence-electron chi connectivity index (χ4n) is 1.69. The molecule has 0 spiro atoms. The standard InChI is InChI=1S/C12H14N2O2/c1-16-12-9(3-2-6-13-12)8-14-10-4-5-11(15)7-10/h2-3,6-7,14H,4-5,8H2,1H3. The van der Waals surface area contributed by atoms with E-state index in [0.717, 1.165) is 17.7 Å². The Kier molecular flexibility index (Phi) is 3.19. The number of pyridine rings is 1. The van der Waals surface area contributed by atoms with Crippen molar-refractivity contribution in [3.63, 3.8) is 0 Å². The molecule has 0 atom stereocenters. The Morgan fingerprint density at radius 2 is 2.38 bits per heavy atom. The summed E-state index contributed by atoms with van der Waals surface area (Å²) in [5, 5.41) is 3.22. The molecule has 0 saturated carbocycles. The van der Waals surface area contributed by atoms with Crippen LogP contribution in [0.4, 0.5) is 0 Å². The van der Waals surface area contributed by atoms with Crippen LogP contribution in [0.5, 0.6) is 5.88 Å². The Morgan fingerprint density at radius 1 is 1.50 bits per heavy atom. The third-order valence-corrected chi connectivity index (χ3v) is 2.53. The van der Waals surface area contributed by atoms with Crippen molar-refractivity contribution in [3.8, 4) is 5.88 Å². The second kappa shape index (κ2) is 4.79. The van der Waals surface area contributed by atoms with Crippen LogP contribution in [0.1, 0.15) is 18.4 Å². The maximum absolute atomic E-state index is 11.0. The van der Waals surface area contributed by atoms with Gasteiger partial charge in [0, 0.05) is 36.5 Å². The number of nitrogens with one attached hydrogen (secondary N) is 1. The van der Waals surface area contributed by atoms with E-state index in [2.05, 4.69) is 10.3 Å². The highest BCUT2D eigenvalue weighted by Gasteiger charge is 2.12. The number of carbonyl (C=O) groups is 1. The highest BCUT2D eigenvalue weighted by Crippen LogP contribution is 2.16. The van der Waals surface area contributed by atoms with E-state index in [-0.39, 0.29) is 5.78 Å². The molecular weight excluding hydrogens is 204 g/mol. The number of ether oxygens (including phenoxy) is 1. The molecule has 2 rings (SSSR count). The molecule has 1 aliphatic rings. The van der Waals surface area contributed by atoms with Crippen molar-refractivity contribution in [2.24, 2.45) is 0 Å². The summed E-state index contributed by atoms with van der Waals surface area (Å²) >= 11 is 0. The van der Waals surface area contributed by atoms with Crippen molar-refractivity contribution < 1.29 is 9.53 Å². The molecule has 0 bridgehead atoms. The first kappa shape index (κ1) is 10.7. The quantitative estimate of drug-likeness (QED) is 0.830. The number of allylic oxidation sites excluding steroid dienone is 2. The van der Waals surface area contributed by atoms with E-state index < -0.39 is 0 Å². The third-order valence-electron chi connectivity index (χ3n) is 2.53. The average molecular weight is 218 g/mol. The minimum absolute atomic E-state index is 0.195. The van der Waals surface area contributed by atoms with Crippen LogP contribution in [-0.2, 0) is 11.3 Å². The second-order valence-corrected chi connectivity index (χ2v) is 3.66. The summed E-state index contributed by atoms with van der Waals surface area (Å²) in [5.41, 5.74) is 1.99. The van der Waals surface area contributed by atoms with E-state index in [1.807, 2.05) is 12.1 Å². The first-order valence-corrected chi connectivity index (χ1v) is 5.25.